The van der Waals surface area contributed by atoms with Gasteiger partial charge < -0.3 is 14.8 Å². The molecule has 27 heavy (non-hydrogen) atoms. The Morgan fingerprint density at radius 1 is 1.26 bits per heavy atom. The molecule has 1 aliphatic carbocycles. The number of nitrogens with one attached hydrogen (secondary N) is 1. The van der Waals surface area contributed by atoms with E-state index in [2.05, 4.69) is 12.2 Å². The Kier molecular flexibility index (Phi) is 6.11. The van der Waals surface area contributed by atoms with Crippen molar-refractivity contribution in [2.24, 2.45) is 23.7 Å². The second-order valence-corrected chi connectivity index (χ2v) is 8.06. The minimum atomic E-state index is -4.55. The standard InChI is InChI=1S/C19H30F3NO4/c1-5-23-10-14-13-7-6-11(2)12-8-9-18(3,27-24-4)26-17(15(12)13)25-16(14)19(20,21)22/h11-13,15,17,23H,5-10H2,1-4H3/t11-,12+,13+,15?,17-,18?/m1/s1. The Labute approximate surface area is 158 Å². The van der Waals surface area contributed by atoms with Crippen molar-refractivity contribution in [1.82, 2.24) is 5.32 Å². The second-order valence-electron chi connectivity index (χ2n) is 8.06. The van der Waals surface area contributed by atoms with Gasteiger partial charge in [-0.25, -0.2) is 9.78 Å². The summed E-state index contributed by atoms with van der Waals surface area (Å²) in [7, 11) is 1.37. The predicted molar refractivity (Wildman–Crippen MR) is 92.2 cm³/mol. The van der Waals surface area contributed by atoms with Gasteiger partial charge in [0.05, 0.1) is 7.11 Å². The summed E-state index contributed by atoms with van der Waals surface area (Å²) in [5.41, 5.74) is 0.336. The van der Waals surface area contributed by atoms with E-state index in [1.54, 1.807) is 6.92 Å². The molecule has 2 unspecified atom stereocenters. The van der Waals surface area contributed by atoms with Crippen LogP contribution in [0.5, 0.6) is 0 Å². The highest BCUT2D eigenvalue weighted by molar-refractivity contribution is 5.24. The SMILES string of the molecule is CCNCC1=C(C(F)(F)F)O[C@@H]2OC(C)(OOC)CC[C@@H]3C2[C@H]1CC[C@H]3C. The van der Waals surface area contributed by atoms with Crippen LogP contribution in [0.2, 0.25) is 0 Å². The molecule has 0 aromatic rings. The first kappa shape index (κ1) is 20.9. The normalized spacial score (nSPS) is 39.6. The first-order valence-corrected chi connectivity index (χ1v) is 9.77. The number of hydrogen-bond donors (Lipinski definition) is 1. The molecule has 0 aromatic heterocycles. The molecule has 2 aliphatic heterocycles. The van der Waals surface area contributed by atoms with Gasteiger partial charge in [0.15, 0.2) is 0 Å². The maximum Gasteiger partial charge on any atom is 0.449 e. The summed E-state index contributed by atoms with van der Waals surface area (Å²) in [4.78, 5) is 10.1. The van der Waals surface area contributed by atoms with E-state index >= 15 is 0 Å². The van der Waals surface area contributed by atoms with Crippen molar-refractivity contribution >= 4 is 0 Å². The molecule has 1 N–H and O–H groups in total. The quantitative estimate of drug-likeness (QED) is 0.562. The lowest BCUT2D eigenvalue weighted by Crippen LogP contribution is -2.50. The maximum atomic E-state index is 13.8. The zero-order valence-electron chi connectivity index (χ0n) is 16.4. The van der Waals surface area contributed by atoms with Crippen LogP contribution >= 0.6 is 0 Å². The molecule has 3 aliphatic rings. The molecule has 8 heteroatoms. The summed E-state index contributed by atoms with van der Waals surface area (Å²) in [5.74, 6) is -1.72. The largest absolute Gasteiger partial charge is 0.459 e. The molecule has 1 saturated carbocycles. The van der Waals surface area contributed by atoms with Gasteiger partial charge in [-0.05, 0) is 56.1 Å². The number of alkyl halides is 3. The van der Waals surface area contributed by atoms with Gasteiger partial charge >= 0.3 is 6.18 Å². The molecule has 0 amide bonds. The van der Waals surface area contributed by atoms with Crippen LogP contribution in [0.4, 0.5) is 13.2 Å². The molecule has 0 radical (unpaired) electrons. The Bertz CT molecular complexity index is 568. The fourth-order valence-corrected chi connectivity index (χ4v) is 5.03. The molecule has 6 atom stereocenters. The highest BCUT2D eigenvalue weighted by atomic mass is 19.4. The Hall–Kier alpha value is -0.830. The second kappa shape index (κ2) is 7.89. The number of likely N-dealkylation sites (N-methyl/N-ethyl adjacent to an activating group) is 1. The Balaban J connectivity index is 2.02. The molecule has 1 saturated heterocycles. The molecule has 2 heterocycles. The molecule has 156 valence electrons. The van der Waals surface area contributed by atoms with Gasteiger partial charge in [-0.1, -0.05) is 13.8 Å². The van der Waals surface area contributed by atoms with E-state index in [-0.39, 0.29) is 24.3 Å². The zero-order chi connectivity index (χ0) is 19.8. The molecule has 0 bridgehead atoms. The minimum Gasteiger partial charge on any atom is -0.459 e. The fourth-order valence-electron chi connectivity index (χ4n) is 5.03. The van der Waals surface area contributed by atoms with Crippen LogP contribution in [0, 0.1) is 23.7 Å². The van der Waals surface area contributed by atoms with E-state index in [1.165, 1.54) is 7.11 Å². The van der Waals surface area contributed by atoms with Gasteiger partial charge in [-0.15, -0.1) is 0 Å². The summed E-state index contributed by atoms with van der Waals surface area (Å²) < 4.78 is 52.9. The summed E-state index contributed by atoms with van der Waals surface area (Å²) in [5, 5.41) is 3.06. The highest BCUT2D eigenvalue weighted by Crippen LogP contribution is 2.54. The van der Waals surface area contributed by atoms with Crippen molar-refractivity contribution in [3.05, 3.63) is 11.3 Å². The molecule has 5 nitrogen and oxygen atoms in total. The lowest BCUT2D eigenvalue weighted by molar-refractivity contribution is -0.438. The number of allylic oxidation sites excluding steroid dienone is 1. The van der Waals surface area contributed by atoms with Gasteiger partial charge in [0.2, 0.25) is 17.8 Å². The number of rotatable bonds is 5. The smallest absolute Gasteiger partial charge is 0.449 e. The number of ether oxygens (including phenoxy) is 2. The molecular formula is C19H30F3NO4. The van der Waals surface area contributed by atoms with Gasteiger partial charge in [0.1, 0.15) is 0 Å². The van der Waals surface area contributed by atoms with E-state index in [0.717, 1.165) is 12.8 Å². The maximum absolute atomic E-state index is 13.8. The van der Waals surface area contributed by atoms with Crippen LogP contribution < -0.4 is 5.32 Å². The first-order valence-electron chi connectivity index (χ1n) is 9.77. The van der Waals surface area contributed by atoms with Crippen LogP contribution in [-0.2, 0) is 19.2 Å². The van der Waals surface area contributed by atoms with Crippen molar-refractivity contribution in [2.45, 2.75) is 64.7 Å². The lowest BCUT2D eigenvalue weighted by atomic mass is 9.62. The summed E-state index contributed by atoms with van der Waals surface area (Å²) in [6.07, 6.45) is -2.58. The zero-order valence-corrected chi connectivity index (χ0v) is 16.4. The topological polar surface area (TPSA) is 49.0 Å². The van der Waals surface area contributed by atoms with E-state index < -0.39 is 24.0 Å². The van der Waals surface area contributed by atoms with Crippen molar-refractivity contribution in [3.8, 4) is 0 Å². The fraction of sp³-hybridized carbons (Fsp3) is 0.895. The molecule has 2 fully saturated rings. The minimum absolute atomic E-state index is 0.115. The third-order valence-electron chi connectivity index (χ3n) is 6.29. The van der Waals surface area contributed by atoms with Gasteiger partial charge in [0, 0.05) is 18.9 Å². The van der Waals surface area contributed by atoms with Crippen LogP contribution in [-0.4, -0.2) is 38.5 Å². The highest BCUT2D eigenvalue weighted by Gasteiger charge is 2.56. The average Bonchev–Trinajstić information content (AvgIpc) is 2.73. The average molecular weight is 393 g/mol. The van der Waals surface area contributed by atoms with Crippen LogP contribution in [0.3, 0.4) is 0 Å². The van der Waals surface area contributed by atoms with E-state index in [4.69, 9.17) is 19.2 Å². The van der Waals surface area contributed by atoms with Crippen molar-refractivity contribution in [3.63, 3.8) is 0 Å². The van der Waals surface area contributed by atoms with Gasteiger partial charge in [0.25, 0.3) is 0 Å². The predicted octanol–water partition coefficient (Wildman–Crippen LogP) is 4.15. The molecule has 3 rings (SSSR count). The third-order valence-corrected chi connectivity index (χ3v) is 6.29. The molecule has 0 aromatic carbocycles. The number of halogens is 3. The van der Waals surface area contributed by atoms with Crippen molar-refractivity contribution < 1.29 is 32.4 Å². The lowest BCUT2D eigenvalue weighted by Gasteiger charge is -2.48. The van der Waals surface area contributed by atoms with E-state index in [9.17, 15) is 13.2 Å². The summed E-state index contributed by atoms with van der Waals surface area (Å²) in [6.45, 7) is 6.54. The summed E-state index contributed by atoms with van der Waals surface area (Å²) in [6, 6.07) is 0. The van der Waals surface area contributed by atoms with Crippen LogP contribution in [0.25, 0.3) is 0 Å². The van der Waals surface area contributed by atoms with Gasteiger partial charge in [-0.3, -0.25) is 0 Å². The third kappa shape index (κ3) is 4.13. The van der Waals surface area contributed by atoms with Crippen molar-refractivity contribution in [2.75, 3.05) is 20.2 Å². The monoisotopic (exact) mass is 393 g/mol. The Morgan fingerprint density at radius 3 is 2.63 bits per heavy atom. The Morgan fingerprint density at radius 2 is 2.00 bits per heavy atom. The van der Waals surface area contributed by atoms with Gasteiger partial charge in [-0.2, -0.15) is 13.2 Å². The molecular weight excluding hydrogens is 363 g/mol. The molecule has 0 spiro atoms. The van der Waals surface area contributed by atoms with Crippen LogP contribution in [0.15, 0.2) is 11.3 Å². The van der Waals surface area contributed by atoms with Crippen molar-refractivity contribution in [1.29, 1.82) is 0 Å². The van der Waals surface area contributed by atoms with Crippen LogP contribution in [0.1, 0.15) is 46.5 Å². The first-order chi connectivity index (χ1) is 12.7. The summed E-state index contributed by atoms with van der Waals surface area (Å²) >= 11 is 0. The van der Waals surface area contributed by atoms with E-state index in [1.807, 2.05) is 6.92 Å². The van der Waals surface area contributed by atoms with E-state index in [0.29, 0.717) is 30.9 Å². The number of hydrogen-bond acceptors (Lipinski definition) is 5.